The maximum Gasteiger partial charge on any atom is 0.326 e. The van der Waals surface area contributed by atoms with Gasteiger partial charge in [-0.3, -0.25) is 15.6 Å². The number of urea groups is 1. The normalized spacial score (nSPS) is 14.4. The minimum Gasteiger partial charge on any atom is -0.302 e. The van der Waals surface area contributed by atoms with E-state index in [0.29, 0.717) is 11.6 Å². The quantitative estimate of drug-likeness (QED) is 0.702. The first kappa shape index (κ1) is 18.3. The molecule has 0 aliphatic carbocycles. The molecule has 8 heteroatoms. The summed E-state index contributed by atoms with van der Waals surface area (Å²) in [5.41, 5.74) is 3.08. The molecule has 142 valence electrons. The number of anilines is 2. The van der Waals surface area contributed by atoms with Crippen molar-refractivity contribution in [2.75, 3.05) is 30.8 Å². The largest absolute Gasteiger partial charge is 0.326 e. The Kier molecular flexibility index (Phi) is 5.41. The topological polar surface area (TPSA) is 83.0 Å². The minimum atomic E-state index is -0.367. The Hall–Kier alpha value is -3.10. The first-order valence-corrected chi connectivity index (χ1v) is 9.84. The molecule has 7 nitrogen and oxygen atoms in total. The smallest absolute Gasteiger partial charge is 0.302 e. The molecule has 0 bridgehead atoms. The van der Waals surface area contributed by atoms with E-state index < -0.39 is 0 Å². The molecular weight excluding hydrogens is 372 g/mol. The molecule has 1 aliphatic heterocycles. The highest BCUT2D eigenvalue weighted by atomic mass is 32.1. The number of hydrogen-bond acceptors (Lipinski definition) is 6. The molecule has 0 aromatic carbocycles. The van der Waals surface area contributed by atoms with E-state index >= 15 is 0 Å². The molecule has 0 unspecified atom stereocenters. The molecule has 3 aromatic rings. The number of amides is 2. The highest BCUT2D eigenvalue weighted by molar-refractivity contribution is 7.13. The molecule has 0 atom stereocenters. The molecule has 1 aliphatic rings. The Balaban J connectivity index is 1.40. The number of nitrogens with one attached hydrogen (secondary N) is 2. The van der Waals surface area contributed by atoms with E-state index in [1.54, 1.807) is 18.5 Å². The average Bonchev–Trinajstić information content (AvgIpc) is 3.18. The van der Waals surface area contributed by atoms with Crippen LogP contribution >= 0.6 is 11.3 Å². The van der Waals surface area contributed by atoms with E-state index in [1.807, 2.05) is 29.6 Å². The van der Waals surface area contributed by atoms with Gasteiger partial charge < -0.3 is 4.90 Å². The van der Waals surface area contributed by atoms with Crippen LogP contribution in [0.2, 0.25) is 0 Å². The lowest BCUT2D eigenvalue weighted by molar-refractivity contribution is 0.262. The summed E-state index contributed by atoms with van der Waals surface area (Å²) >= 11 is 1.46. The molecule has 0 fully saturated rings. The van der Waals surface area contributed by atoms with Crippen molar-refractivity contribution >= 4 is 34.6 Å². The predicted octanol–water partition coefficient (Wildman–Crippen LogP) is 3.96. The van der Waals surface area contributed by atoms with Crippen molar-refractivity contribution in [2.24, 2.45) is 0 Å². The number of rotatable bonds is 4. The summed E-state index contributed by atoms with van der Waals surface area (Å²) in [6.07, 6.45) is 6.57. The van der Waals surface area contributed by atoms with Gasteiger partial charge in [-0.15, -0.1) is 11.3 Å². The first-order chi connectivity index (χ1) is 13.7. The van der Waals surface area contributed by atoms with Crippen LogP contribution in [0.5, 0.6) is 0 Å². The third-order valence-corrected chi connectivity index (χ3v) is 5.30. The standard InChI is InChI=1S/C20H20N6OS/c1-26-11-7-14(8-12-26)16-3-2-4-17(22-16)24-20(27)25-18-13-28-19(23-18)15-5-9-21-10-6-15/h2-7,9-10,13H,8,11-12H2,1H3,(H2,22,24,25,27). The van der Waals surface area contributed by atoms with Gasteiger partial charge in [0.25, 0.3) is 0 Å². The number of likely N-dealkylation sites (N-methyl/N-ethyl adjacent to an activating group) is 1. The lowest BCUT2D eigenvalue weighted by atomic mass is 10.0. The van der Waals surface area contributed by atoms with Gasteiger partial charge in [0.15, 0.2) is 0 Å². The molecule has 0 saturated carbocycles. The molecule has 0 spiro atoms. The highest BCUT2D eigenvalue weighted by Gasteiger charge is 2.12. The summed E-state index contributed by atoms with van der Waals surface area (Å²) in [6, 6.07) is 9.06. The fourth-order valence-electron chi connectivity index (χ4n) is 2.91. The third-order valence-electron chi connectivity index (χ3n) is 4.40. The summed E-state index contributed by atoms with van der Waals surface area (Å²) in [5.74, 6) is 1.02. The van der Waals surface area contributed by atoms with Gasteiger partial charge in [0, 0.05) is 36.4 Å². The lowest BCUT2D eigenvalue weighted by Crippen LogP contribution is -2.24. The van der Waals surface area contributed by atoms with Crippen molar-refractivity contribution in [1.82, 2.24) is 19.9 Å². The van der Waals surface area contributed by atoms with Crippen molar-refractivity contribution in [3.63, 3.8) is 0 Å². The van der Waals surface area contributed by atoms with Crippen LogP contribution in [0, 0.1) is 0 Å². The average molecular weight is 392 g/mol. The number of carbonyl (C=O) groups is 1. The van der Waals surface area contributed by atoms with E-state index in [2.05, 4.69) is 43.6 Å². The van der Waals surface area contributed by atoms with Crippen LogP contribution in [-0.4, -0.2) is 46.0 Å². The summed E-state index contributed by atoms with van der Waals surface area (Å²) in [7, 11) is 2.10. The fourth-order valence-corrected chi connectivity index (χ4v) is 3.67. The van der Waals surface area contributed by atoms with Gasteiger partial charge >= 0.3 is 6.03 Å². The summed E-state index contributed by atoms with van der Waals surface area (Å²) in [6.45, 7) is 1.92. The maximum atomic E-state index is 12.3. The molecular formula is C20H20N6OS. The zero-order valence-corrected chi connectivity index (χ0v) is 16.2. The number of aromatic nitrogens is 3. The number of thiazole rings is 1. The van der Waals surface area contributed by atoms with Gasteiger partial charge in [-0.1, -0.05) is 12.1 Å². The van der Waals surface area contributed by atoms with Gasteiger partial charge in [0.05, 0.1) is 5.69 Å². The monoisotopic (exact) mass is 392 g/mol. The van der Waals surface area contributed by atoms with Gasteiger partial charge in [-0.2, -0.15) is 0 Å². The molecule has 0 radical (unpaired) electrons. The molecule has 2 amide bonds. The van der Waals surface area contributed by atoms with E-state index in [1.165, 1.54) is 16.9 Å². The number of carbonyl (C=O) groups excluding carboxylic acids is 1. The van der Waals surface area contributed by atoms with Crippen LogP contribution < -0.4 is 10.6 Å². The second kappa shape index (κ2) is 8.28. The Bertz CT molecular complexity index is 1000. The van der Waals surface area contributed by atoms with Crippen molar-refractivity contribution in [2.45, 2.75) is 6.42 Å². The van der Waals surface area contributed by atoms with Crippen molar-refractivity contribution in [3.05, 3.63) is 59.9 Å². The van der Waals surface area contributed by atoms with Crippen LogP contribution in [0.3, 0.4) is 0 Å². The van der Waals surface area contributed by atoms with E-state index in [4.69, 9.17) is 0 Å². The Morgan fingerprint density at radius 2 is 1.93 bits per heavy atom. The minimum absolute atomic E-state index is 0.367. The first-order valence-electron chi connectivity index (χ1n) is 8.96. The molecule has 4 heterocycles. The van der Waals surface area contributed by atoms with Crippen LogP contribution in [0.15, 0.2) is 54.2 Å². The fraction of sp³-hybridized carbons (Fsp3) is 0.200. The number of pyridine rings is 2. The van der Waals surface area contributed by atoms with E-state index in [9.17, 15) is 4.79 Å². The molecule has 4 rings (SSSR count). The maximum absolute atomic E-state index is 12.3. The van der Waals surface area contributed by atoms with Crippen molar-refractivity contribution in [1.29, 1.82) is 0 Å². The zero-order chi connectivity index (χ0) is 19.3. The Labute approximate surface area is 167 Å². The van der Waals surface area contributed by atoms with Crippen LogP contribution in [0.4, 0.5) is 16.4 Å². The van der Waals surface area contributed by atoms with Crippen LogP contribution in [0.25, 0.3) is 16.1 Å². The number of hydrogen-bond donors (Lipinski definition) is 2. The third kappa shape index (κ3) is 4.41. The number of nitrogens with zero attached hydrogens (tertiary/aromatic N) is 4. The summed E-state index contributed by atoms with van der Waals surface area (Å²) in [4.78, 5) is 27.6. The van der Waals surface area contributed by atoms with Gasteiger partial charge in [-0.25, -0.2) is 14.8 Å². The lowest BCUT2D eigenvalue weighted by Gasteiger charge is -2.21. The Morgan fingerprint density at radius 3 is 2.71 bits per heavy atom. The molecule has 3 aromatic heterocycles. The molecule has 2 N–H and O–H groups in total. The van der Waals surface area contributed by atoms with Crippen molar-refractivity contribution < 1.29 is 4.79 Å². The molecule has 0 saturated heterocycles. The summed E-state index contributed by atoms with van der Waals surface area (Å²) in [5, 5.41) is 8.18. The summed E-state index contributed by atoms with van der Waals surface area (Å²) < 4.78 is 0. The zero-order valence-electron chi connectivity index (χ0n) is 15.4. The van der Waals surface area contributed by atoms with Crippen molar-refractivity contribution in [3.8, 4) is 10.6 Å². The van der Waals surface area contributed by atoms with E-state index in [-0.39, 0.29) is 6.03 Å². The second-order valence-corrected chi connectivity index (χ2v) is 7.36. The van der Waals surface area contributed by atoms with Gasteiger partial charge in [0.1, 0.15) is 16.6 Å². The van der Waals surface area contributed by atoms with Crippen LogP contribution in [-0.2, 0) is 0 Å². The van der Waals surface area contributed by atoms with E-state index in [0.717, 1.165) is 35.8 Å². The van der Waals surface area contributed by atoms with Gasteiger partial charge in [-0.05, 0) is 43.3 Å². The second-order valence-electron chi connectivity index (χ2n) is 6.50. The van der Waals surface area contributed by atoms with Gasteiger partial charge in [0.2, 0.25) is 0 Å². The Morgan fingerprint density at radius 1 is 1.11 bits per heavy atom. The highest BCUT2D eigenvalue weighted by Crippen LogP contribution is 2.25. The SMILES string of the molecule is CN1CC=C(c2cccc(NC(=O)Nc3csc(-c4ccncc4)n3)n2)CC1. The molecule has 28 heavy (non-hydrogen) atoms. The van der Waals surface area contributed by atoms with Crippen LogP contribution in [0.1, 0.15) is 12.1 Å². The predicted molar refractivity (Wildman–Crippen MR) is 112 cm³/mol.